The third kappa shape index (κ3) is 3.82. The molecule has 0 bridgehead atoms. The van der Waals surface area contributed by atoms with Crippen LogP contribution >= 0.6 is 15.9 Å². The third-order valence-electron chi connectivity index (χ3n) is 3.61. The highest BCUT2D eigenvalue weighted by Crippen LogP contribution is 2.30. The van der Waals surface area contributed by atoms with E-state index in [4.69, 9.17) is 0 Å². The lowest BCUT2D eigenvalue weighted by Crippen LogP contribution is -2.45. The fraction of sp³-hybridized carbons (Fsp3) is 1.00. The minimum atomic E-state index is -0.549. The standard InChI is InChI=1S/C11H22BrNOS/c1-3-11(4-2,9-12)10-13-5-7-15(14)8-6-13/h3-10H2,1-2H3. The first-order valence-electron chi connectivity index (χ1n) is 5.79. The summed E-state index contributed by atoms with van der Waals surface area (Å²) in [5.74, 6) is 1.73. The highest BCUT2D eigenvalue weighted by molar-refractivity contribution is 9.09. The summed E-state index contributed by atoms with van der Waals surface area (Å²) in [6.07, 6.45) is 2.43. The average Bonchev–Trinajstić information content (AvgIpc) is 2.29. The molecule has 1 saturated heterocycles. The van der Waals surface area contributed by atoms with E-state index in [2.05, 4.69) is 34.7 Å². The lowest BCUT2D eigenvalue weighted by Gasteiger charge is -2.37. The van der Waals surface area contributed by atoms with Crippen molar-refractivity contribution >= 4 is 26.7 Å². The van der Waals surface area contributed by atoms with Gasteiger partial charge in [-0.3, -0.25) is 4.21 Å². The van der Waals surface area contributed by atoms with E-state index in [0.717, 1.165) is 36.5 Å². The minimum Gasteiger partial charge on any atom is -0.301 e. The third-order valence-corrected chi connectivity index (χ3v) is 6.08. The van der Waals surface area contributed by atoms with Gasteiger partial charge in [0.2, 0.25) is 0 Å². The van der Waals surface area contributed by atoms with E-state index in [1.165, 1.54) is 12.8 Å². The van der Waals surface area contributed by atoms with Crippen molar-refractivity contribution in [3.63, 3.8) is 0 Å². The summed E-state index contributed by atoms with van der Waals surface area (Å²) >= 11 is 3.65. The van der Waals surface area contributed by atoms with Crippen molar-refractivity contribution in [2.45, 2.75) is 26.7 Å². The fourth-order valence-electron chi connectivity index (χ4n) is 2.01. The number of hydrogen-bond acceptors (Lipinski definition) is 2. The van der Waals surface area contributed by atoms with Crippen molar-refractivity contribution < 1.29 is 4.21 Å². The van der Waals surface area contributed by atoms with Gasteiger partial charge in [-0.25, -0.2) is 0 Å². The molecule has 0 aromatic heterocycles. The molecule has 1 rings (SSSR count). The molecule has 0 aromatic carbocycles. The van der Waals surface area contributed by atoms with Gasteiger partial charge in [0.05, 0.1) is 0 Å². The van der Waals surface area contributed by atoms with Crippen LogP contribution < -0.4 is 0 Å². The number of hydrogen-bond donors (Lipinski definition) is 0. The van der Waals surface area contributed by atoms with Gasteiger partial charge in [0.15, 0.2) is 0 Å². The number of rotatable bonds is 5. The van der Waals surface area contributed by atoms with Crippen molar-refractivity contribution in [3.05, 3.63) is 0 Å². The zero-order chi connectivity index (χ0) is 11.3. The van der Waals surface area contributed by atoms with Gasteiger partial charge in [-0.15, -0.1) is 0 Å². The molecule has 90 valence electrons. The molecule has 0 N–H and O–H groups in total. The Morgan fingerprint density at radius 2 is 1.80 bits per heavy atom. The maximum atomic E-state index is 11.3. The van der Waals surface area contributed by atoms with Crippen LogP contribution in [0.3, 0.4) is 0 Å². The Labute approximate surface area is 104 Å². The van der Waals surface area contributed by atoms with E-state index in [1.54, 1.807) is 0 Å². The zero-order valence-corrected chi connectivity index (χ0v) is 12.2. The molecule has 1 aliphatic heterocycles. The van der Waals surface area contributed by atoms with Crippen LogP contribution in [0.1, 0.15) is 26.7 Å². The Bertz CT molecular complexity index is 200. The summed E-state index contributed by atoms with van der Waals surface area (Å²) in [6, 6.07) is 0. The molecule has 2 nitrogen and oxygen atoms in total. The first kappa shape index (κ1) is 13.7. The van der Waals surface area contributed by atoms with E-state index in [0.29, 0.717) is 5.41 Å². The topological polar surface area (TPSA) is 20.3 Å². The summed E-state index contributed by atoms with van der Waals surface area (Å²) in [6.45, 7) is 7.73. The Morgan fingerprint density at radius 1 is 1.27 bits per heavy atom. The molecule has 0 aliphatic carbocycles. The van der Waals surface area contributed by atoms with Gasteiger partial charge in [0, 0.05) is 47.3 Å². The number of nitrogens with zero attached hydrogens (tertiary/aromatic N) is 1. The van der Waals surface area contributed by atoms with Gasteiger partial charge < -0.3 is 4.90 Å². The molecule has 4 heteroatoms. The van der Waals surface area contributed by atoms with Crippen molar-refractivity contribution in [2.75, 3.05) is 36.5 Å². The highest BCUT2D eigenvalue weighted by Gasteiger charge is 2.28. The van der Waals surface area contributed by atoms with Crippen LogP contribution in [0.5, 0.6) is 0 Å². The second-order valence-electron chi connectivity index (χ2n) is 4.46. The molecule has 0 atom stereocenters. The lowest BCUT2D eigenvalue weighted by atomic mass is 9.84. The first-order valence-corrected chi connectivity index (χ1v) is 8.40. The molecular weight excluding hydrogens is 274 g/mol. The second kappa shape index (κ2) is 6.36. The summed E-state index contributed by atoms with van der Waals surface area (Å²) < 4.78 is 11.3. The second-order valence-corrected chi connectivity index (χ2v) is 6.72. The van der Waals surface area contributed by atoms with Gasteiger partial charge in [-0.1, -0.05) is 29.8 Å². The molecule has 1 heterocycles. The Morgan fingerprint density at radius 3 is 2.20 bits per heavy atom. The van der Waals surface area contributed by atoms with E-state index < -0.39 is 10.8 Å². The maximum absolute atomic E-state index is 11.3. The summed E-state index contributed by atoms with van der Waals surface area (Å²) in [7, 11) is -0.549. The smallest absolute Gasteiger partial charge is 0.0363 e. The van der Waals surface area contributed by atoms with Gasteiger partial charge in [-0.05, 0) is 18.3 Å². The Balaban J connectivity index is 2.48. The van der Waals surface area contributed by atoms with Crippen LogP contribution in [0.2, 0.25) is 0 Å². The van der Waals surface area contributed by atoms with Gasteiger partial charge >= 0.3 is 0 Å². The molecule has 0 aromatic rings. The van der Waals surface area contributed by atoms with Crippen molar-refractivity contribution in [3.8, 4) is 0 Å². The average molecular weight is 296 g/mol. The Hall–Kier alpha value is 0.590. The van der Waals surface area contributed by atoms with Gasteiger partial charge in [0.25, 0.3) is 0 Å². The van der Waals surface area contributed by atoms with Crippen LogP contribution in [-0.4, -0.2) is 45.6 Å². The summed E-state index contributed by atoms with van der Waals surface area (Å²) in [5, 5.41) is 1.08. The van der Waals surface area contributed by atoms with Crippen molar-refractivity contribution in [1.29, 1.82) is 0 Å². The lowest BCUT2D eigenvalue weighted by molar-refractivity contribution is 0.169. The van der Waals surface area contributed by atoms with Gasteiger partial charge in [0.1, 0.15) is 0 Å². The molecule has 0 radical (unpaired) electrons. The SMILES string of the molecule is CCC(CC)(CBr)CN1CCS(=O)CC1. The quantitative estimate of drug-likeness (QED) is 0.725. The monoisotopic (exact) mass is 295 g/mol. The van der Waals surface area contributed by atoms with Crippen LogP contribution in [0.25, 0.3) is 0 Å². The molecule has 15 heavy (non-hydrogen) atoms. The van der Waals surface area contributed by atoms with Crippen LogP contribution in [0.15, 0.2) is 0 Å². The van der Waals surface area contributed by atoms with Crippen molar-refractivity contribution in [2.24, 2.45) is 5.41 Å². The predicted octanol–water partition coefficient (Wildman–Crippen LogP) is 2.25. The van der Waals surface area contributed by atoms with Gasteiger partial charge in [-0.2, -0.15) is 0 Å². The normalized spacial score (nSPS) is 20.7. The minimum absolute atomic E-state index is 0.416. The van der Waals surface area contributed by atoms with Crippen LogP contribution in [0, 0.1) is 5.41 Å². The van der Waals surface area contributed by atoms with E-state index in [9.17, 15) is 4.21 Å². The molecular formula is C11H22BrNOS. The van der Waals surface area contributed by atoms with E-state index >= 15 is 0 Å². The number of halogens is 1. The predicted molar refractivity (Wildman–Crippen MR) is 71.1 cm³/mol. The largest absolute Gasteiger partial charge is 0.301 e. The zero-order valence-electron chi connectivity index (χ0n) is 9.80. The number of alkyl halides is 1. The first-order chi connectivity index (χ1) is 7.15. The molecule has 0 spiro atoms. The molecule has 0 unspecified atom stereocenters. The summed E-state index contributed by atoms with van der Waals surface area (Å²) in [4.78, 5) is 2.48. The molecule has 0 saturated carbocycles. The Kier molecular flexibility index (Phi) is 5.79. The summed E-state index contributed by atoms with van der Waals surface area (Å²) in [5.41, 5.74) is 0.416. The fourth-order valence-corrected chi connectivity index (χ4v) is 4.11. The van der Waals surface area contributed by atoms with Crippen molar-refractivity contribution in [1.82, 2.24) is 4.90 Å². The molecule has 1 fully saturated rings. The highest BCUT2D eigenvalue weighted by atomic mass is 79.9. The van der Waals surface area contributed by atoms with Crippen LogP contribution in [0.4, 0.5) is 0 Å². The maximum Gasteiger partial charge on any atom is 0.0363 e. The van der Waals surface area contributed by atoms with E-state index in [1.807, 2.05) is 0 Å². The molecule has 1 aliphatic rings. The van der Waals surface area contributed by atoms with E-state index in [-0.39, 0.29) is 0 Å². The molecule has 0 amide bonds. The van der Waals surface area contributed by atoms with Crippen LogP contribution in [-0.2, 0) is 10.8 Å².